The molecule has 0 saturated heterocycles. The zero-order valence-corrected chi connectivity index (χ0v) is 15.6. The third-order valence-corrected chi connectivity index (χ3v) is 5.73. The summed E-state index contributed by atoms with van der Waals surface area (Å²) in [6.07, 6.45) is 0.533. The van der Waals surface area contributed by atoms with Crippen molar-refractivity contribution in [3.8, 4) is 0 Å². The number of carbonyl (C=O) groups excluding carboxylic acids is 2. The smallest absolute Gasteiger partial charge is 0.254 e. The predicted molar refractivity (Wildman–Crippen MR) is 106 cm³/mol. The Hall–Kier alpha value is -2.92. The van der Waals surface area contributed by atoms with Crippen LogP contribution >= 0.6 is 11.3 Å². The molecule has 1 atom stereocenters. The maximum absolute atomic E-state index is 13.1. The molecule has 0 fully saturated rings. The average Bonchev–Trinajstić information content (AvgIpc) is 3.25. The molecule has 4 rings (SSSR count). The number of rotatable bonds is 4. The summed E-state index contributed by atoms with van der Waals surface area (Å²) in [7, 11) is 0. The van der Waals surface area contributed by atoms with E-state index in [4.69, 9.17) is 0 Å². The van der Waals surface area contributed by atoms with E-state index in [1.54, 1.807) is 28.4 Å². The van der Waals surface area contributed by atoms with Gasteiger partial charge in [-0.2, -0.15) is 0 Å². The number of hydrogen-bond acceptors (Lipinski definition) is 3. The molecule has 2 heterocycles. The van der Waals surface area contributed by atoms with Gasteiger partial charge in [0.15, 0.2) is 0 Å². The van der Waals surface area contributed by atoms with Crippen LogP contribution in [-0.4, -0.2) is 22.8 Å². The Kier molecular flexibility index (Phi) is 5.03. The van der Waals surface area contributed by atoms with E-state index in [1.807, 2.05) is 60.0 Å². The summed E-state index contributed by atoms with van der Waals surface area (Å²) in [5.74, 6) is -0.219. The quantitative estimate of drug-likeness (QED) is 0.756. The van der Waals surface area contributed by atoms with Crippen molar-refractivity contribution in [2.75, 3.05) is 0 Å². The van der Waals surface area contributed by atoms with Crippen molar-refractivity contribution in [2.24, 2.45) is 0 Å². The Bertz CT molecular complexity index is 938. The molecule has 27 heavy (non-hydrogen) atoms. The molecule has 0 bridgehead atoms. The molecule has 5 heteroatoms. The van der Waals surface area contributed by atoms with Crippen LogP contribution in [0.4, 0.5) is 0 Å². The maximum atomic E-state index is 13.1. The third kappa shape index (κ3) is 3.78. The molecule has 0 unspecified atom stereocenters. The van der Waals surface area contributed by atoms with Crippen molar-refractivity contribution >= 4 is 23.2 Å². The van der Waals surface area contributed by atoms with Crippen molar-refractivity contribution in [1.82, 2.24) is 10.2 Å². The van der Waals surface area contributed by atoms with Crippen molar-refractivity contribution < 1.29 is 9.59 Å². The van der Waals surface area contributed by atoms with Crippen LogP contribution in [0, 0.1) is 0 Å². The summed E-state index contributed by atoms with van der Waals surface area (Å²) in [5, 5.41) is 4.99. The first-order valence-corrected chi connectivity index (χ1v) is 9.83. The number of hydrogen-bond donors (Lipinski definition) is 1. The maximum Gasteiger partial charge on any atom is 0.254 e. The average molecular weight is 376 g/mol. The van der Waals surface area contributed by atoms with Crippen LogP contribution in [0.1, 0.15) is 26.4 Å². The van der Waals surface area contributed by atoms with E-state index in [9.17, 15) is 9.59 Å². The molecule has 4 nitrogen and oxygen atoms in total. The van der Waals surface area contributed by atoms with Crippen LogP contribution in [0.5, 0.6) is 0 Å². The Morgan fingerprint density at radius 3 is 2.44 bits per heavy atom. The minimum Gasteiger partial charge on any atom is -0.349 e. The first kappa shape index (κ1) is 17.5. The lowest BCUT2D eigenvalue weighted by molar-refractivity contribution is -0.126. The Morgan fingerprint density at radius 1 is 0.963 bits per heavy atom. The van der Waals surface area contributed by atoms with Gasteiger partial charge in [0.05, 0.1) is 6.54 Å². The summed E-state index contributed by atoms with van der Waals surface area (Å²) in [6, 6.07) is 20.6. The molecule has 2 aromatic carbocycles. The van der Waals surface area contributed by atoms with E-state index in [0.717, 1.165) is 16.0 Å². The number of amides is 2. The van der Waals surface area contributed by atoms with Gasteiger partial charge in [-0.1, -0.05) is 48.5 Å². The molecule has 0 aliphatic carbocycles. The summed E-state index contributed by atoms with van der Waals surface area (Å²) in [6.45, 7) is 0.934. The topological polar surface area (TPSA) is 49.4 Å². The molecule has 3 aromatic rings. The number of benzene rings is 2. The monoisotopic (exact) mass is 376 g/mol. The Balaban J connectivity index is 1.59. The number of thiophene rings is 1. The number of fused-ring (bicyclic) bond motifs is 1. The lowest BCUT2D eigenvalue weighted by Crippen LogP contribution is -2.52. The Morgan fingerprint density at radius 2 is 1.70 bits per heavy atom. The highest BCUT2D eigenvalue weighted by Gasteiger charge is 2.34. The van der Waals surface area contributed by atoms with Gasteiger partial charge in [-0.15, -0.1) is 11.3 Å². The molecular weight excluding hydrogens is 356 g/mol. The van der Waals surface area contributed by atoms with Crippen LogP contribution in [-0.2, 0) is 24.3 Å². The van der Waals surface area contributed by atoms with Gasteiger partial charge in [0.2, 0.25) is 5.91 Å². The van der Waals surface area contributed by atoms with Gasteiger partial charge in [0.25, 0.3) is 5.91 Å². The van der Waals surface area contributed by atoms with E-state index in [1.165, 1.54) is 0 Å². The van der Waals surface area contributed by atoms with Gasteiger partial charge < -0.3 is 10.2 Å². The first-order valence-electron chi connectivity index (χ1n) is 8.95. The molecule has 136 valence electrons. The Labute approximate surface area is 162 Å². The fourth-order valence-corrected chi connectivity index (χ4v) is 4.07. The van der Waals surface area contributed by atoms with E-state index in [2.05, 4.69) is 5.32 Å². The van der Waals surface area contributed by atoms with Gasteiger partial charge in [-0.3, -0.25) is 9.59 Å². The normalized spacial score (nSPS) is 15.9. The number of nitrogens with zero attached hydrogens (tertiary/aromatic N) is 1. The van der Waals surface area contributed by atoms with Crippen molar-refractivity contribution in [1.29, 1.82) is 0 Å². The van der Waals surface area contributed by atoms with Crippen LogP contribution < -0.4 is 5.32 Å². The highest BCUT2D eigenvalue weighted by Crippen LogP contribution is 2.25. The highest BCUT2D eigenvalue weighted by molar-refractivity contribution is 7.09. The van der Waals surface area contributed by atoms with Crippen molar-refractivity contribution in [2.45, 2.75) is 25.6 Å². The van der Waals surface area contributed by atoms with E-state index in [0.29, 0.717) is 25.1 Å². The highest BCUT2D eigenvalue weighted by atomic mass is 32.1. The van der Waals surface area contributed by atoms with Gasteiger partial charge in [0, 0.05) is 23.4 Å². The number of carbonyl (C=O) groups is 2. The molecule has 0 radical (unpaired) electrons. The van der Waals surface area contributed by atoms with E-state index < -0.39 is 6.04 Å². The molecular formula is C22H20N2O2S. The SMILES string of the molecule is O=C(NCc1cccs1)[C@@H]1Cc2ccccc2CN1C(=O)c1ccccc1. The largest absolute Gasteiger partial charge is 0.349 e. The van der Waals surface area contributed by atoms with E-state index in [-0.39, 0.29) is 11.8 Å². The zero-order chi connectivity index (χ0) is 18.6. The summed E-state index contributed by atoms with van der Waals surface area (Å²) in [4.78, 5) is 28.8. The number of nitrogens with one attached hydrogen (secondary N) is 1. The minimum absolute atomic E-state index is 0.109. The standard InChI is InChI=1S/C22H20N2O2S/c25-21(23-14-19-11-6-12-27-19)20-13-17-9-4-5-10-18(17)15-24(20)22(26)16-7-2-1-3-8-16/h1-12,20H,13-15H2,(H,23,25)/t20-/m0/s1. The lowest BCUT2D eigenvalue weighted by atomic mass is 9.92. The summed E-state index contributed by atoms with van der Waals surface area (Å²) in [5.41, 5.74) is 2.84. The van der Waals surface area contributed by atoms with Gasteiger partial charge >= 0.3 is 0 Å². The molecule has 1 aliphatic rings. The van der Waals surface area contributed by atoms with Crippen LogP contribution in [0.25, 0.3) is 0 Å². The fourth-order valence-electron chi connectivity index (χ4n) is 3.42. The molecule has 0 spiro atoms. The molecule has 0 saturated carbocycles. The van der Waals surface area contributed by atoms with Gasteiger partial charge in [-0.25, -0.2) is 0 Å². The molecule has 1 aliphatic heterocycles. The third-order valence-electron chi connectivity index (χ3n) is 4.85. The summed E-state index contributed by atoms with van der Waals surface area (Å²) >= 11 is 1.61. The second-order valence-electron chi connectivity index (χ2n) is 6.58. The van der Waals surface area contributed by atoms with Crippen LogP contribution in [0.3, 0.4) is 0 Å². The van der Waals surface area contributed by atoms with Crippen molar-refractivity contribution in [3.05, 3.63) is 93.7 Å². The van der Waals surface area contributed by atoms with Gasteiger partial charge in [-0.05, 0) is 34.7 Å². The van der Waals surface area contributed by atoms with Crippen LogP contribution in [0.2, 0.25) is 0 Å². The molecule has 1 aromatic heterocycles. The minimum atomic E-state index is -0.507. The zero-order valence-electron chi connectivity index (χ0n) is 14.8. The predicted octanol–water partition coefficient (Wildman–Crippen LogP) is 3.63. The van der Waals surface area contributed by atoms with Crippen molar-refractivity contribution in [3.63, 3.8) is 0 Å². The van der Waals surface area contributed by atoms with E-state index >= 15 is 0 Å². The van der Waals surface area contributed by atoms with Gasteiger partial charge in [0.1, 0.15) is 6.04 Å². The second kappa shape index (κ2) is 7.76. The van der Waals surface area contributed by atoms with Crippen LogP contribution in [0.15, 0.2) is 72.1 Å². The fraction of sp³-hybridized carbons (Fsp3) is 0.182. The second-order valence-corrected chi connectivity index (χ2v) is 7.62. The molecule has 1 N–H and O–H groups in total. The first-order chi connectivity index (χ1) is 13.2. The molecule has 2 amide bonds. The lowest BCUT2D eigenvalue weighted by Gasteiger charge is -2.36. The summed E-state index contributed by atoms with van der Waals surface area (Å²) < 4.78 is 0.